The Morgan fingerprint density at radius 3 is 2.93 bits per heavy atom. The third-order valence-corrected chi connectivity index (χ3v) is 2.09. The molecule has 0 bridgehead atoms. The lowest BCUT2D eigenvalue weighted by Crippen LogP contribution is -2.21. The Labute approximate surface area is 87.9 Å². The monoisotopic (exact) mass is 217 g/mol. The highest BCUT2D eigenvalue weighted by Crippen LogP contribution is 2.16. The smallest absolute Gasteiger partial charge is 0.224 e. The fourth-order valence-electron chi connectivity index (χ4n) is 1.11. The summed E-state index contributed by atoms with van der Waals surface area (Å²) >= 11 is 5.58. The summed E-state index contributed by atoms with van der Waals surface area (Å²) < 4.78 is 13.2. The van der Waals surface area contributed by atoms with E-state index in [0.29, 0.717) is 0 Å². The van der Waals surface area contributed by atoms with Crippen molar-refractivity contribution in [1.29, 1.82) is 0 Å². The summed E-state index contributed by atoms with van der Waals surface area (Å²) in [6.45, 7) is 2.85. The number of hydrogen-bond acceptors (Lipinski definition) is 3. The van der Waals surface area contributed by atoms with E-state index >= 15 is 0 Å². The molecule has 0 aromatic carbocycles. The van der Waals surface area contributed by atoms with Gasteiger partial charge in [-0.2, -0.15) is 4.98 Å². The molecule has 0 saturated carbocycles. The molecule has 3 nitrogen and oxygen atoms in total. The van der Waals surface area contributed by atoms with Crippen LogP contribution in [-0.4, -0.2) is 23.6 Å². The number of halogens is 2. The van der Waals surface area contributed by atoms with Gasteiger partial charge in [0.1, 0.15) is 0 Å². The summed E-state index contributed by atoms with van der Waals surface area (Å²) in [5.74, 6) is -0.175. The molecule has 0 aliphatic carbocycles. The highest BCUT2D eigenvalue weighted by Gasteiger charge is 2.09. The fraction of sp³-hybridized carbons (Fsp3) is 0.556. The average Bonchev–Trinajstić information content (AvgIpc) is 2.18. The van der Waals surface area contributed by atoms with Crippen LogP contribution in [-0.2, 0) is 0 Å². The van der Waals surface area contributed by atoms with Crippen molar-refractivity contribution in [3.63, 3.8) is 0 Å². The van der Waals surface area contributed by atoms with Gasteiger partial charge in [0.2, 0.25) is 5.28 Å². The van der Waals surface area contributed by atoms with Crippen LogP contribution in [0.25, 0.3) is 0 Å². The maximum Gasteiger partial charge on any atom is 0.224 e. The van der Waals surface area contributed by atoms with Gasteiger partial charge in [-0.3, -0.25) is 0 Å². The van der Waals surface area contributed by atoms with Gasteiger partial charge in [-0.1, -0.05) is 13.3 Å². The molecule has 0 amide bonds. The number of unbranched alkanes of at least 4 members (excludes halogenated alkanes) is 1. The highest BCUT2D eigenvalue weighted by molar-refractivity contribution is 6.28. The fourth-order valence-corrected chi connectivity index (χ4v) is 1.24. The first-order valence-electron chi connectivity index (χ1n) is 4.54. The second-order valence-electron chi connectivity index (χ2n) is 3.09. The van der Waals surface area contributed by atoms with Crippen LogP contribution in [0.4, 0.5) is 10.2 Å². The van der Waals surface area contributed by atoms with Gasteiger partial charge in [-0.25, -0.2) is 9.37 Å². The lowest BCUT2D eigenvalue weighted by molar-refractivity contribution is 0.604. The summed E-state index contributed by atoms with van der Waals surface area (Å²) in [6, 6.07) is 0. The SMILES string of the molecule is CCCCN(C)c1nc(Cl)ncc1F. The van der Waals surface area contributed by atoms with Crippen LogP contribution in [0, 0.1) is 5.82 Å². The van der Waals surface area contributed by atoms with E-state index in [4.69, 9.17) is 11.6 Å². The number of rotatable bonds is 4. The van der Waals surface area contributed by atoms with E-state index < -0.39 is 5.82 Å². The first-order chi connectivity index (χ1) is 6.65. The lowest BCUT2D eigenvalue weighted by atomic mass is 10.3. The maximum absolute atomic E-state index is 13.2. The predicted molar refractivity (Wildman–Crippen MR) is 55.2 cm³/mol. The van der Waals surface area contributed by atoms with Gasteiger partial charge in [0.25, 0.3) is 0 Å². The molecule has 0 unspecified atom stereocenters. The predicted octanol–water partition coefficient (Wildman–Crippen LogP) is 2.51. The molecule has 0 saturated heterocycles. The molecule has 5 heteroatoms. The first-order valence-corrected chi connectivity index (χ1v) is 4.92. The lowest BCUT2D eigenvalue weighted by Gasteiger charge is -2.17. The number of nitrogens with zero attached hydrogens (tertiary/aromatic N) is 3. The largest absolute Gasteiger partial charge is 0.357 e. The molecule has 0 aliphatic heterocycles. The molecule has 0 fully saturated rings. The van der Waals surface area contributed by atoms with E-state index in [9.17, 15) is 4.39 Å². The van der Waals surface area contributed by atoms with E-state index in [1.807, 2.05) is 0 Å². The Morgan fingerprint density at radius 1 is 1.57 bits per heavy atom. The number of aromatic nitrogens is 2. The minimum Gasteiger partial charge on any atom is -0.357 e. The van der Waals surface area contributed by atoms with Crippen molar-refractivity contribution in [2.75, 3.05) is 18.5 Å². The molecule has 1 heterocycles. The summed E-state index contributed by atoms with van der Waals surface area (Å²) in [4.78, 5) is 9.13. The van der Waals surface area contributed by atoms with Crippen molar-refractivity contribution < 1.29 is 4.39 Å². The molecule has 1 rings (SSSR count). The Hall–Kier alpha value is -0.900. The van der Waals surface area contributed by atoms with Crippen molar-refractivity contribution in [3.8, 4) is 0 Å². The molecule has 0 spiro atoms. The van der Waals surface area contributed by atoms with Crippen molar-refractivity contribution in [1.82, 2.24) is 9.97 Å². The second-order valence-corrected chi connectivity index (χ2v) is 3.42. The van der Waals surface area contributed by atoms with Gasteiger partial charge in [0.15, 0.2) is 11.6 Å². The maximum atomic E-state index is 13.2. The van der Waals surface area contributed by atoms with Crippen LogP contribution in [0.15, 0.2) is 6.20 Å². The Balaban J connectivity index is 2.77. The summed E-state index contributed by atoms with van der Waals surface area (Å²) in [5.41, 5.74) is 0. The molecule has 0 aliphatic rings. The van der Waals surface area contributed by atoms with E-state index in [1.54, 1.807) is 11.9 Å². The normalized spacial score (nSPS) is 10.3. The van der Waals surface area contributed by atoms with Crippen LogP contribution in [0.3, 0.4) is 0 Å². The Kier molecular flexibility index (Phi) is 4.07. The molecule has 0 N–H and O–H groups in total. The summed E-state index contributed by atoms with van der Waals surface area (Å²) in [5, 5.41) is 0.0738. The topological polar surface area (TPSA) is 29.0 Å². The molecule has 0 atom stereocenters. The Morgan fingerprint density at radius 2 is 2.29 bits per heavy atom. The average molecular weight is 218 g/mol. The standard InChI is InChI=1S/C9H13ClFN3/c1-3-4-5-14(2)8-7(11)6-12-9(10)13-8/h6H,3-5H2,1-2H3. The first kappa shape index (κ1) is 11.2. The zero-order chi connectivity index (χ0) is 10.6. The minimum absolute atomic E-state index is 0.0738. The molecular weight excluding hydrogens is 205 g/mol. The quantitative estimate of drug-likeness (QED) is 0.726. The summed E-state index contributed by atoms with van der Waals surface area (Å²) in [6.07, 6.45) is 3.15. The van der Waals surface area contributed by atoms with Gasteiger partial charge < -0.3 is 4.90 Å². The van der Waals surface area contributed by atoms with Gasteiger partial charge in [0.05, 0.1) is 6.20 Å². The van der Waals surface area contributed by atoms with Crippen molar-refractivity contribution in [2.45, 2.75) is 19.8 Å². The molecule has 1 aromatic rings. The third kappa shape index (κ3) is 2.80. The third-order valence-electron chi connectivity index (χ3n) is 1.90. The second kappa shape index (κ2) is 5.10. The van der Waals surface area contributed by atoms with Gasteiger partial charge in [-0.15, -0.1) is 0 Å². The highest BCUT2D eigenvalue weighted by atomic mass is 35.5. The molecular formula is C9H13ClFN3. The van der Waals surface area contributed by atoms with Crippen molar-refractivity contribution in [2.24, 2.45) is 0 Å². The zero-order valence-corrected chi connectivity index (χ0v) is 9.05. The van der Waals surface area contributed by atoms with Crippen molar-refractivity contribution in [3.05, 3.63) is 17.3 Å². The van der Waals surface area contributed by atoms with E-state index in [1.165, 1.54) is 0 Å². The van der Waals surface area contributed by atoms with Crippen LogP contribution >= 0.6 is 11.6 Å². The van der Waals surface area contributed by atoms with Gasteiger partial charge in [0, 0.05) is 13.6 Å². The number of anilines is 1. The van der Waals surface area contributed by atoms with Crippen LogP contribution < -0.4 is 4.90 Å². The van der Waals surface area contributed by atoms with E-state index in [-0.39, 0.29) is 11.1 Å². The van der Waals surface area contributed by atoms with E-state index in [0.717, 1.165) is 25.6 Å². The molecule has 78 valence electrons. The minimum atomic E-state index is -0.437. The Bertz CT molecular complexity index is 306. The van der Waals surface area contributed by atoms with Gasteiger partial charge >= 0.3 is 0 Å². The van der Waals surface area contributed by atoms with Gasteiger partial charge in [-0.05, 0) is 18.0 Å². The van der Waals surface area contributed by atoms with Crippen LogP contribution in [0.2, 0.25) is 5.28 Å². The summed E-state index contributed by atoms with van der Waals surface area (Å²) in [7, 11) is 1.79. The molecule has 14 heavy (non-hydrogen) atoms. The number of hydrogen-bond donors (Lipinski definition) is 0. The molecule has 1 aromatic heterocycles. The van der Waals surface area contributed by atoms with Crippen LogP contribution in [0.1, 0.15) is 19.8 Å². The molecule has 0 radical (unpaired) electrons. The van der Waals surface area contributed by atoms with Crippen molar-refractivity contribution >= 4 is 17.4 Å². The van der Waals surface area contributed by atoms with E-state index in [2.05, 4.69) is 16.9 Å². The van der Waals surface area contributed by atoms with Crippen LogP contribution in [0.5, 0.6) is 0 Å². The zero-order valence-electron chi connectivity index (χ0n) is 8.30.